The Kier molecular flexibility index (Phi) is 7.85. The molecule has 14 heteroatoms. The molecule has 0 saturated carbocycles. The molecule has 0 aliphatic carbocycles. The molecule has 12 nitrogen and oxygen atoms in total. The zero-order chi connectivity index (χ0) is 26.6. The number of fused-ring (bicyclic) bond motifs is 1. The molecular weight excluding hydrogens is 522 g/mol. The highest BCUT2D eigenvalue weighted by molar-refractivity contribution is 7.88. The molecule has 1 aliphatic rings. The number of aromatic nitrogens is 3. The Morgan fingerprint density at radius 3 is 2.54 bits per heavy atom. The van der Waals surface area contributed by atoms with Crippen molar-refractivity contribution in [3.63, 3.8) is 0 Å². The first-order valence-electron chi connectivity index (χ1n) is 11.6. The number of hydrogen-bond acceptors (Lipinski definition) is 7. The predicted molar refractivity (Wildman–Crippen MR) is 139 cm³/mol. The monoisotopic (exact) mass is 549 g/mol. The lowest BCUT2D eigenvalue weighted by atomic mass is 9.85. The minimum atomic E-state index is -3.42. The molecule has 4 rings (SSSR count). The molecule has 1 aromatic carbocycles. The topological polar surface area (TPSA) is 169 Å². The van der Waals surface area contributed by atoms with E-state index in [0.717, 1.165) is 11.6 Å². The molecule has 37 heavy (non-hydrogen) atoms. The number of halogens is 1. The van der Waals surface area contributed by atoms with E-state index in [9.17, 15) is 23.1 Å². The number of amides is 2. The number of aromatic amines is 1. The standard InChI is InChI=1S/C23H28ClN7O5S/c1-37(35,36)28-11-7-18(15-2-4-16(24)5-3-15)29-21(32)23(30-22(33)34)8-12-31(13-9-23)20-17-6-10-25-19(17)26-14-27-20/h2-6,10,14,18,28,30H,7-9,11-13H2,1H3,(H,29,32)(H,33,34)(H,25,26,27). The van der Waals surface area contributed by atoms with Crippen molar-refractivity contribution in [1.82, 2.24) is 30.3 Å². The van der Waals surface area contributed by atoms with Gasteiger partial charge in [0.05, 0.1) is 17.7 Å². The molecule has 1 fully saturated rings. The number of rotatable bonds is 9. The van der Waals surface area contributed by atoms with Gasteiger partial charge in [-0.2, -0.15) is 0 Å². The molecule has 2 aromatic heterocycles. The van der Waals surface area contributed by atoms with E-state index in [0.29, 0.717) is 35.1 Å². The number of sulfonamides is 1. The van der Waals surface area contributed by atoms with E-state index in [4.69, 9.17) is 11.6 Å². The fourth-order valence-corrected chi connectivity index (χ4v) is 5.14. The minimum absolute atomic E-state index is 0.0833. The summed E-state index contributed by atoms with van der Waals surface area (Å²) in [6, 6.07) is 8.12. The third kappa shape index (κ3) is 6.48. The molecular formula is C23H28ClN7O5S. The molecule has 5 N–H and O–H groups in total. The molecule has 3 aromatic rings. The first-order chi connectivity index (χ1) is 17.6. The Bertz CT molecular complexity index is 1370. The van der Waals surface area contributed by atoms with Gasteiger partial charge in [-0.05, 0) is 43.0 Å². The number of H-pyrrole nitrogens is 1. The van der Waals surface area contributed by atoms with Gasteiger partial charge in [0.15, 0.2) is 0 Å². The van der Waals surface area contributed by atoms with Crippen LogP contribution < -0.4 is 20.3 Å². The van der Waals surface area contributed by atoms with Crippen LogP contribution in [0.3, 0.4) is 0 Å². The molecule has 0 bridgehead atoms. The number of carbonyl (C=O) groups is 2. The number of carboxylic acid groups (broad SMARTS) is 1. The molecule has 0 spiro atoms. The van der Waals surface area contributed by atoms with Crippen molar-refractivity contribution < 1.29 is 23.1 Å². The van der Waals surface area contributed by atoms with Crippen molar-refractivity contribution in [3.8, 4) is 0 Å². The molecule has 1 aliphatic heterocycles. The number of anilines is 1. The van der Waals surface area contributed by atoms with Gasteiger partial charge in [0.1, 0.15) is 23.3 Å². The maximum atomic E-state index is 13.6. The highest BCUT2D eigenvalue weighted by atomic mass is 35.5. The summed E-state index contributed by atoms with van der Waals surface area (Å²) in [7, 11) is -3.42. The van der Waals surface area contributed by atoms with E-state index in [1.54, 1.807) is 30.5 Å². The van der Waals surface area contributed by atoms with E-state index < -0.39 is 33.6 Å². The zero-order valence-electron chi connectivity index (χ0n) is 20.1. The zero-order valence-corrected chi connectivity index (χ0v) is 21.6. The fourth-order valence-electron chi connectivity index (χ4n) is 4.53. The van der Waals surface area contributed by atoms with Gasteiger partial charge >= 0.3 is 6.09 Å². The molecule has 0 radical (unpaired) electrons. The molecule has 1 saturated heterocycles. The van der Waals surface area contributed by atoms with E-state index in [1.807, 2.05) is 11.0 Å². The van der Waals surface area contributed by atoms with Crippen LogP contribution in [0.15, 0.2) is 42.9 Å². The molecule has 1 atom stereocenters. The van der Waals surface area contributed by atoms with Crippen LogP contribution in [0.1, 0.15) is 30.9 Å². The number of nitrogens with zero attached hydrogens (tertiary/aromatic N) is 3. The van der Waals surface area contributed by atoms with Crippen LogP contribution in [0, 0.1) is 0 Å². The van der Waals surface area contributed by atoms with Crippen LogP contribution in [-0.2, 0) is 14.8 Å². The van der Waals surface area contributed by atoms with Gasteiger partial charge in [0, 0.05) is 30.9 Å². The second-order valence-electron chi connectivity index (χ2n) is 8.97. The third-order valence-electron chi connectivity index (χ3n) is 6.41. The first-order valence-corrected chi connectivity index (χ1v) is 13.9. The molecule has 3 heterocycles. The van der Waals surface area contributed by atoms with Crippen molar-refractivity contribution >= 4 is 50.5 Å². The number of benzene rings is 1. The summed E-state index contributed by atoms with van der Waals surface area (Å²) in [5, 5.41) is 16.3. The SMILES string of the molecule is CS(=O)(=O)NCCC(NC(=O)C1(NC(=O)O)CCN(c2ncnc3[nH]ccc23)CC1)c1ccc(Cl)cc1. The van der Waals surface area contributed by atoms with Crippen LogP contribution in [0.4, 0.5) is 10.6 Å². The lowest BCUT2D eigenvalue weighted by molar-refractivity contribution is -0.129. The Balaban J connectivity index is 1.53. The first kappa shape index (κ1) is 26.6. The summed E-state index contributed by atoms with van der Waals surface area (Å²) in [6.07, 6.45) is 3.64. The molecule has 1 unspecified atom stereocenters. The normalized spacial score (nSPS) is 16.3. The van der Waals surface area contributed by atoms with E-state index >= 15 is 0 Å². The van der Waals surface area contributed by atoms with Crippen molar-refractivity contribution in [2.24, 2.45) is 0 Å². The maximum Gasteiger partial charge on any atom is 0.405 e. The smallest absolute Gasteiger partial charge is 0.405 e. The van der Waals surface area contributed by atoms with E-state index in [-0.39, 0.29) is 25.8 Å². The Morgan fingerprint density at radius 2 is 1.89 bits per heavy atom. The lowest BCUT2D eigenvalue weighted by Crippen LogP contribution is -2.63. The summed E-state index contributed by atoms with van der Waals surface area (Å²) in [4.78, 5) is 39.0. The largest absolute Gasteiger partial charge is 0.465 e. The fraction of sp³-hybridized carbons (Fsp3) is 0.391. The average Bonchev–Trinajstić information content (AvgIpc) is 3.32. The van der Waals surface area contributed by atoms with Crippen LogP contribution in [0.2, 0.25) is 5.02 Å². The second kappa shape index (κ2) is 10.9. The van der Waals surface area contributed by atoms with Gasteiger partial charge in [-0.15, -0.1) is 0 Å². The van der Waals surface area contributed by atoms with Crippen molar-refractivity contribution in [1.29, 1.82) is 0 Å². The van der Waals surface area contributed by atoms with Gasteiger partial charge in [-0.1, -0.05) is 23.7 Å². The van der Waals surface area contributed by atoms with E-state index in [1.165, 1.54) is 6.33 Å². The van der Waals surface area contributed by atoms with Crippen LogP contribution in [-0.4, -0.2) is 71.9 Å². The molecule has 2 amide bonds. The number of carbonyl (C=O) groups excluding carboxylic acids is 1. The van der Waals surface area contributed by atoms with Crippen LogP contribution in [0.25, 0.3) is 11.0 Å². The highest BCUT2D eigenvalue weighted by Gasteiger charge is 2.44. The molecule has 198 valence electrons. The van der Waals surface area contributed by atoms with Gasteiger partial charge < -0.3 is 25.6 Å². The maximum absolute atomic E-state index is 13.6. The van der Waals surface area contributed by atoms with E-state index in [2.05, 4.69) is 30.3 Å². The second-order valence-corrected chi connectivity index (χ2v) is 11.2. The Morgan fingerprint density at radius 1 is 1.19 bits per heavy atom. The van der Waals surface area contributed by atoms with Gasteiger partial charge in [-0.3, -0.25) is 4.79 Å². The van der Waals surface area contributed by atoms with Gasteiger partial charge in [0.2, 0.25) is 15.9 Å². The van der Waals surface area contributed by atoms with Crippen LogP contribution in [0.5, 0.6) is 0 Å². The summed E-state index contributed by atoms with van der Waals surface area (Å²) < 4.78 is 25.5. The third-order valence-corrected chi connectivity index (χ3v) is 7.39. The van der Waals surface area contributed by atoms with Crippen molar-refractivity contribution in [3.05, 3.63) is 53.4 Å². The minimum Gasteiger partial charge on any atom is -0.465 e. The van der Waals surface area contributed by atoms with Gasteiger partial charge in [-0.25, -0.2) is 27.9 Å². The predicted octanol–water partition coefficient (Wildman–Crippen LogP) is 2.01. The highest BCUT2D eigenvalue weighted by Crippen LogP contribution is 2.30. The summed E-state index contributed by atoms with van der Waals surface area (Å²) >= 11 is 6.01. The van der Waals surface area contributed by atoms with Crippen molar-refractivity contribution in [2.45, 2.75) is 30.8 Å². The summed E-state index contributed by atoms with van der Waals surface area (Å²) in [5.74, 6) is 0.227. The van der Waals surface area contributed by atoms with Crippen LogP contribution >= 0.6 is 11.6 Å². The lowest BCUT2D eigenvalue weighted by Gasteiger charge is -2.41. The Hall–Kier alpha value is -3.42. The summed E-state index contributed by atoms with van der Waals surface area (Å²) in [5.41, 5.74) is 0.0326. The summed E-state index contributed by atoms with van der Waals surface area (Å²) in [6.45, 7) is 0.846. The average molecular weight is 550 g/mol. The number of piperidine rings is 1. The number of hydrogen-bond donors (Lipinski definition) is 5. The van der Waals surface area contributed by atoms with Gasteiger partial charge in [0.25, 0.3) is 0 Å². The van der Waals surface area contributed by atoms with Crippen molar-refractivity contribution in [2.75, 3.05) is 30.8 Å². The number of nitrogens with one attached hydrogen (secondary N) is 4. The quantitative estimate of drug-likeness (QED) is 0.270. The Labute approximate surface area is 218 Å².